The molecule has 0 atom stereocenters. The van der Waals surface area contributed by atoms with Gasteiger partial charge in [0.2, 0.25) is 5.91 Å². The fraction of sp³-hybridized carbons (Fsp3) is 0.318. The molecule has 2 aromatic carbocycles. The minimum absolute atomic E-state index is 0.0327. The van der Waals surface area contributed by atoms with E-state index in [1.807, 2.05) is 17.0 Å². The number of hydrogen-bond donors (Lipinski definition) is 0. The molecule has 1 saturated heterocycles. The lowest BCUT2D eigenvalue weighted by Gasteiger charge is -2.21. The van der Waals surface area contributed by atoms with Crippen molar-refractivity contribution in [2.24, 2.45) is 0 Å². The quantitative estimate of drug-likeness (QED) is 0.426. The third kappa shape index (κ3) is 5.89. The summed E-state index contributed by atoms with van der Waals surface area (Å²) in [7, 11) is 1.66. The average Bonchev–Trinajstić information content (AvgIpc) is 2.98. The molecular formula is C22H25N3O4. The summed E-state index contributed by atoms with van der Waals surface area (Å²) in [5, 5.41) is 10.7. The monoisotopic (exact) mass is 395 g/mol. The lowest BCUT2D eigenvalue weighted by atomic mass is 10.2. The van der Waals surface area contributed by atoms with Crippen LogP contribution in [-0.4, -0.2) is 53.9 Å². The Balaban J connectivity index is 1.52. The molecule has 0 aromatic heterocycles. The van der Waals surface area contributed by atoms with Gasteiger partial charge >= 0.3 is 0 Å². The Labute approximate surface area is 170 Å². The van der Waals surface area contributed by atoms with Gasteiger partial charge in [-0.15, -0.1) is 0 Å². The first-order valence-corrected chi connectivity index (χ1v) is 9.62. The number of carbonyl (C=O) groups excluding carboxylic acids is 1. The Bertz CT molecular complexity index is 863. The van der Waals surface area contributed by atoms with Gasteiger partial charge in [-0.3, -0.25) is 19.8 Å². The summed E-state index contributed by atoms with van der Waals surface area (Å²) in [6.45, 7) is 4.03. The molecule has 2 aromatic rings. The highest BCUT2D eigenvalue weighted by atomic mass is 16.6. The van der Waals surface area contributed by atoms with Crippen LogP contribution in [0.1, 0.15) is 17.5 Å². The van der Waals surface area contributed by atoms with Crippen LogP contribution in [0.25, 0.3) is 6.08 Å². The molecular weight excluding hydrogens is 370 g/mol. The van der Waals surface area contributed by atoms with Crippen molar-refractivity contribution in [3.8, 4) is 5.75 Å². The molecule has 1 fully saturated rings. The number of amides is 1. The zero-order chi connectivity index (χ0) is 20.6. The van der Waals surface area contributed by atoms with E-state index in [9.17, 15) is 14.9 Å². The lowest BCUT2D eigenvalue weighted by Crippen LogP contribution is -2.34. The van der Waals surface area contributed by atoms with E-state index in [1.54, 1.807) is 31.4 Å². The predicted octanol–water partition coefficient (Wildman–Crippen LogP) is 3.35. The molecule has 0 saturated carbocycles. The summed E-state index contributed by atoms with van der Waals surface area (Å²) < 4.78 is 5.20. The van der Waals surface area contributed by atoms with Gasteiger partial charge in [0.05, 0.1) is 12.0 Å². The van der Waals surface area contributed by atoms with Gasteiger partial charge in [-0.25, -0.2) is 0 Å². The summed E-state index contributed by atoms with van der Waals surface area (Å²) in [6, 6.07) is 14.2. The molecule has 0 unspecified atom stereocenters. The second-order valence-corrected chi connectivity index (χ2v) is 6.99. The van der Waals surface area contributed by atoms with Crippen LogP contribution in [0.3, 0.4) is 0 Å². The van der Waals surface area contributed by atoms with Crippen molar-refractivity contribution in [3.05, 3.63) is 75.8 Å². The van der Waals surface area contributed by atoms with E-state index in [0.717, 1.165) is 43.9 Å². The summed E-state index contributed by atoms with van der Waals surface area (Å²) in [5.41, 5.74) is 2.03. The second kappa shape index (κ2) is 9.84. The maximum Gasteiger partial charge on any atom is 0.269 e. The number of non-ortho nitro benzene ring substituents is 1. The minimum atomic E-state index is -0.437. The van der Waals surface area contributed by atoms with Crippen molar-refractivity contribution in [2.45, 2.75) is 13.0 Å². The SMILES string of the molecule is COc1ccc(CN2CCCN(C(=O)/C=C/c3ccc([N+](=O)[O-])cc3)CC2)cc1. The Hall–Kier alpha value is -3.19. The normalized spacial score (nSPS) is 15.3. The standard InChI is InChI=1S/C22H25N3O4/c1-29-21-10-5-19(6-11-21)17-23-13-2-14-24(16-15-23)22(26)12-7-18-3-8-20(9-4-18)25(27)28/h3-12H,2,13-17H2,1H3/b12-7+. The number of hydrogen-bond acceptors (Lipinski definition) is 5. The van der Waals surface area contributed by atoms with Gasteiger partial charge < -0.3 is 9.64 Å². The van der Waals surface area contributed by atoms with E-state index in [-0.39, 0.29) is 11.6 Å². The number of nitrogens with zero attached hydrogens (tertiary/aromatic N) is 3. The molecule has 29 heavy (non-hydrogen) atoms. The van der Waals surface area contributed by atoms with Crippen molar-refractivity contribution >= 4 is 17.7 Å². The Morgan fingerprint density at radius 2 is 1.79 bits per heavy atom. The van der Waals surface area contributed by atoms with E-state index in [1.165, 1.54) is 17.7 Å². The molecule has 0 spiro atoms. The topological polar surface area (TPSA) is 75.9 Å². The number of nitro benzene ring substituents is 1. The molecule has 0 radical (unpaired) electrons. The van der Waals surface area contributed by atoms with E-state index in [0.29, 0.717) is 6.54 Å². The smallest absolute Gasteiger partial charge is 0.269 e. The van der Waals surface area contributed by atoms with Gasteiger partial charge in [0, 0.05) is 50.9 Å². The molecule has 1 aliphatic heterocycles. The van der Waals surface area contributed by atoms with Gasteiger partial charge in [0.15, 0.2) is 0 Å². The minimum Gasteiger partial charge on any atom is -0.497 e. The molecule has 1 heterocycles. The highest BCUT2D eigenvalue weighted by Crippen LogP contribution is 2.15. The molecule has 0 N–H and O–H groups in total. The average molecular weight is 395 g/mol. The summed E-state index contributed by atoms with van der Waals surface area (Å²) in [4.78, 5) is 27.0. The van der Waals surface area contributed by atoms with Gasteiger partial charge in [0.1, 0.15) is 5.75 Å². The van der Waals surface area contributed by atoms with Crippen molar-refractivity contribution < 1.29 is 14.5 Å². The zero-order valence-electron chi connectivity index (χ0n) is 16.5. The van der Waals surface area contributed by atoms with E-state index >= 15 is 0 Å². The van der Waals surface area contributed by atoms with Crippen LogP contribution in [0.2, 0.25) is 0 Å². The number of rotatable bonds is 6. The van der Waals surface area contributed by atoms with Crippen LogP contribution in [0.15, 0.2) is 54.6 Å². The van der Waals surface area contributed by atoms with Crippen molar-refractivity contribution in [2.75, 3.05) is 33.3 Å². The second-order valence-electron chi connectivity index (χ2n) is 6.99. The first-order valence-electron chi connectivity index (χ1n) is 9.62. The number of ether oxygens (including phenoxy) is 1. The Kier molecular flexibility index (Phi) is 6.97. The van der Waals surface area contributed by atoms with E-state index < -0.39 is 4.92 Å². The fourth-order valence-electron chi connectivity index (χ4n) is 3.32. The van der Waals surface area contributed by atoms with Gasteiger partial charge in [-0.05, 0) is 47.9 Å². The largest absolute Gasteiger partial charge is 0.497 e. The lowest BCUT2D eigenvalue weighted by molar-refractivity contribution is -0.384. The van der Waals surface area contributed by atoms with Gasteiger partial charge in [-0.1, -0.05) is 12.1 Å². The molecule has 0 bridgehead atoms. The highest BCUT2D eigenvalue weighted by Gasteiger charge is 2.17. The first-order chi connectivity index (χ1) is 14.0. The van der Waals surface area contributed by atoms with Crippen LogP contribution in [0.4, 0.5) is 5.69 Å². The number of carbonyl (C=O) groups is 1. The van der Waals surface area contributed by atoms with Crippen molar-refractivity contribution in [1.29, 1.82) is 0 Å². The summed E-state index contributed by atoms with van der Waals surface area (Å²) in [6.07, 6.45) is 4.17. The van der Waals surface area contributed by atoms with E-state index in [2.05, 4.69) is 17.0 Å². The molecule has 3 rings (SSSR count). The van der Waals surface area contributed by atoms with Crippen molar-refractivity contribution in [1.82, 2.24) is 9.80 Å². The maximum absolute atomic E-state index is 12.5. The molecule has 1 amide bonds. The first kappa shape index (κ1) is 20.5. The Morgan fingerprint density at radius 3 is 2.45 bits per heavy atom. The van der Waals surface area contributed by atoms with Crippen LogP contribution in [0.5, 0.6) is 5.75 Å². The Morgan fingerprint density at radius 1 is 1.07 bits per heavy atom. The number of nitro groups is 1. The van der Waals surface area contributed by atoms with E-state index in [4.69, 9.17) is 4.74 Å². The molecule has 7 heteroatoms. The molecule has 152 valence electrons. The van der Waals surface area contributed by atoms with Crippen LogP contribution >= 0.6 is 0 Å². The third-order valence-electron chi connectivity index (χ3n) is 4.99. The highest BCUT2D eigenvalue weighted by molar-refractivity contribution is 5.91. The van der Waals surface area contributed by atoms with Crippen molar-refractivity contribution in [3.63, 3.8) is 0 Å². The number of methoxy groups -OCH3 is 1. The number of benzene rings is 2. The predicted molar refractivity (Wildman–Crippen MR) is 112 cm³/mol. The maximum atomic E-state index is 12.5. The van der Waals surface area contributed by atoms with Gasteiger partial charge in [-0.2, -0.15) is 0 Å². The molecule has 1 aliphatic rings. The van der Waals surface area contributed by atoms with Crippen LogP contribution < -0.4 is 4.74 Å². The molecule has 7 nitrogen and oxygen atoms in total. The van der Waals surface area contributed by atoms with Gasteiger partial charge in [0.25, 0.3) is 5.69 Å². The third-order valence-corrected chi connectivity index (χ3v) is 4.99. The summed E-state index contributed by atoms with van der Waals surface area (Å²) in [5.74, 6) is 0.816. The fourth-order valence-corrected chi connectivity index (χ4v) is 3.32. The van der Waals surface area contributed by atoms with Crippen LogP contribution in [0, 0.1) is 10.1 Å². The summed E-state index contributed by atoms with van der Waals surface area (Å²) >= 11 is 0. The zero-order valence-corrected chi connectivity index (χ0v) is 16.5. The van der Waals surface area contributed by atoms with Crippen LogP contribution in [-0.2, 0) is 11.3 Å². The molecule has 0 aliphatic carbocycles.